The van der Waals surface area contributed by atoms with Crippen LogP contribution in [-0.2, 0) is 6.42 Å². The number of aromatic nitrogens is 6. The molecule has 162 valence electrons. The van der Waals surface area contributed by atoms with Gasteiger partial charge in [0.2, 0.25) is 0 Å². The summed E-state index contributed by atoms with van der Waals surface area (Å²) in [4.78, 5) is 16.4. The Balaban J connectivity index is 0.000000230. The molecular formula is C25H27N7. The third kappa shape index (κ3) is 4.67. The minimum atomic E-state index is 0.550. The van der Waals surface area contributed by atoms with Crippen LogP contribution in [0.2, 0.25) is 0 Å². The fraction of sp³-hybridized carbons (Fsp3) is 0.200. The van der Waals surface area contributed by atoms with Crippen LogP contribution in [0.5, 0.6) is 0 Å². The van der Waals surface area contributed by atoms with Gasteiger partial charge < -0.3 is 10.3 Å². The van der Waals surface area contributed by atoms with Crippen molar-refractivity contribution in [1.82, 2.24) is 29.5 Å². The van der Waals surface area contributed by atoms with Gasteiger partial charge in [-0.3, -0.25) is 4.98 Å². The molecule has 7 nitrogen and oxygen atoms in total. The zero-order valence-electron chi connectivity index (χ0n) is 18.6. The van der Waals surface area contributed by atoms with Gasteiger partial charge in [-0.15, -0.1) is 0 Å². The first kappa shape index (κ1) is 21.2. The lowest BCUT2D eigenvalue weighted by Gasteiger charge is -2.04. The van der Waals surface area contributed by atoms with Crippen LogP contribution in [0.4, 0.5) is 5.69 Å². The highest BCUT2D eigenvalue weighted by atomic mass is 15.2. The molecule has 0 saturated heterocycles. The van der Waals surface area contributed by atoms with E-state index in [-0.39, 0.29) is 0 Å². The topological polar surface area (TPSA) is 83.8 Å². The van der Waals surface area contributed by atoms with Crippen LogP contribution in [0.25, 0.3) is 27.7 Å². The van der Waals surface area contributed by atoms with E-state index in [1.165, 1.54) is 5.56 Å². The van der Waals surface area contributed by atoms with Crippen molar-refractivity contribution < 1.29 is 0 Å². The molecule has 5 rings (SSSR count). The lowest BCUT2D eigenvalue weighted by Crippen LogP contribution is -2.00. The first-order valence-electron chi connectivity index (χ1n) is 10.6. The molecule has 7 heteroatoms. The SMILES string of the molecule is C=CNc1cccnc1.Cc1cnn2ccc(-c3c[nH]c4nc(CC(C)C)ncc34)cc12. The van der Waals surface area contributed by atoms with Crippen molar-refractivity contribution in [1.29, 1.82) is 0 Å². The Morgan fingerprint density at radius 1 is 1.22 bits per heavy atom. The predicted octanol–water partition coefficient (Wildman–Crippen LogP) is 5.42. The summed E-state index contributed by atoms with van der Waals surface area (Å²) in [6.45, 7) is 9.94. The zero-order chi connectivity index (χ0) is 22.5. The normalized spacial score (nSPS) is 10.9. The molecule has 0 spiro atoms. The van der Waals surface area contributed by atoms with Crippen molar-refractivity contribution in [3.63, 3.8) is 0 Å². The molecule has 0 aliphatic heterocycles. The molecule has 2 N–H and O–H groups in total. The lowest BCUT2D eigenvalue weighted by molar-refractivity contribution is 0.622. The maximum Gasteiger partial charge on any atom is 0.141 e. The number of nitrogens with zero attached hydrogens (tertiary/aromatic N) is 5. The molecule has 0 radical (unpaired) electrons. The van der Waals surface area contributed by atoms with Crippen molar-refractivity contribution in [2.75, 3.05) is 5.32 Å². The molecule has 0 aromatic carbocycles. The number of H-pyrrole nitrogens is 1. The Labute approximate surface area is 187 Å². The quantitative estimate of drug-likeness (QED) is 0.393. The van der Waals surface area contributed by atoms with Crippen molar-refractivity contribution in [2.45, 2.75) is 27.2 Å². The van der Waals surface area contributed by atoms with Gasteiger partial charge in [0, 0.05) is 42.2 Å². The lowest BCUT2D eigenvalue weighted by atomic mass is 10.1. The van der Waals surface area contributed by atoms with Crippen LogP contribution in [0.15, 0.2) is 74.2 Å². The minimum absolute atomic E-state index is 0.550. The second-order valence-electron chi connectivity index (χ2n) is 8.01. The van der Waals surface area contributed by atoms with Gasteiger partial charge in [0.25, 0.3) is 0 Å². The summed E-state index contributed by atoms with van der Waals surface area (Å²) in [5.74, 6) is 1.44. The Hall–Kier alpha value is -4.00. The molecule has 5 heterocycles. The first-order valence-corrected chi connectivity index (χ1v) is 10.6. The monoisotopic (exact) mass is 425 g/mol. The molecule has 0 unspecified atom stereocenters. The highest BCUT2D eigenvalue weighted by Gasteiger charge is 2.11. The van der Waals surface area contributed by atoms with E-state index in [0.717, 1.165) is 45.6 Å². The number of fused-ring (bicyclic) bond motifs is 2. The van der Waals surface area contributed by atoms with E-state index in [4.69, 9.17) is 0 Å². The van der Waals surface area contributed by atoms with Crippen LogP contribution in [0, 0.1) is 12.8 Å². The smallest absolute Gasteiger partial charge is 0.141 e. The number of anilines is 1. The summed E-state index contributed by atoms with van der Waals surface area (Å²) in [5, 5.41) is 8.29. The number of aromatic amines is 1. The van der Waals surface area contributed by atoms with E-state index in [0.29, 0.717) is 5.92 Å². The second-order valence-corrected chi connectivity index (χ2v) is 8.01. The van der Waals surface area contributed by atoms with Gasteiger partial charge in [0.05, 0.1) is 23.6 Å². The van der Waals surface area contributed by atoms with Crippen LogP contribution < -0.4 is 5.32 Å². The Morgan fingerprint density at radius 2 is 2.09 bits per heavy atom. The fourth-order valence-corrected chi connectivity index (χ4v) is 3.48. The minimum Gasteiger partial charge on any atom is -0.361 e. The van der Waals surface area contributed by atoms with Crippen molar-refractivity contribution in [2.24, 2.45) is 5.92 Å². The van der Waals surface area contributed by atoms with E-state index in [2.05, 4.69) is 69.8 Å². The molecule has 0 atom stereocenters. The first-order chi connectivity index (χ1) is 15.5. The summed E-state index contributed by atoms with van der Waals surface area (Å²) in [7, 11) is 0. The average Bonchev–Trinajstić information content (AvgIpc) is 3.38. The molecule has 0 bridgehead atoms. The molecule has 0 saturated carbocycles. The van der Waals surface area contributed by atoms with Gasteiger partial charge in [0.1, 0.15) is 11.5 Å². The third-order valence-electron chi connectivity index (χ3n) is 5.03. The Kier molecular flexibility index (Phi) is 6.26. The van der Waals surface area contributed by atoms with Gasteiger partial charge in [-0.1, -0.05) is 20.4 Å². The Morgan fingerprint density at radius 3 is 2.84 bits per heavy atom. The summed E-state index contributed by atoms with van der Waals surface area (Å²) < 4.78 is 1.89. The number of hydrogen-bond acceptors (Lipinski definition) is 5. The van der Waals surface area contributed by atoms with Gasteiger partial charge >= 0.3 is 0 Å². The van der Waals surface area contributed by atoms with Crippen molar-refractivity contribution in [3.8, 4) is 11.1 Å². The van der Waals surface area contributed by atoms with Crippen molar-refractivity contribution in [3.05, 3.63) is 85.6 Å². The number of aryl methyl sites for hydroxylation is 1. The van der Waals surface area contributed by atoms with Gasteiger partial charge in [-0.2, -0.15) is 5.10 Å². The van der Waals surface area contributed by atoms with Gasteiger partial charge in [-0.05, 0) is 54.4 Å². The maximum absolute atomic E-state index is 4.65. The van der Waals surface area contributed by atoms with E-state index >= 15 is 0 Å². The van der Waals surface area contributed by atoms with Crippen LogP contribution >= 0.6 is 0 Å². The Bertz CT molecular complexity index is 1330. The number of hydrogen-bond donors (Lipinski definition) is 2. The standard InChI is InChI=1S/C18H19N5.C7H8N2/c1-11(2)6-17-19-10-15-14(9-20-18(15)22-17)13-4-5-23-16(7-13)12(3)8-21-23;1-2-9-7-4-3-5-8-6-7/h4-5,7-11H,6H2,1-3H3,(H,19,20,22);2-6,9H,1H2. The number of pyridine rings is 2. The second kappa shape index (κ2) is 9.43. The third-order valence-corrected chi connectivity index (χ3v) is 5.03. The fourth-order valence-electron chi connectivity index (χ4n) is 3.48. The molecule has 0 fully saturated rings. The largest absolute Gasteiger partial charge is 0.361 e. The van der Waals surface area contributed by atoms with Crippen molar-refractivity contribution >= 4 is 22.2 Å². The predicted molar refractivity (Wildman–Crippen MR) is 129 cm³/mol. The van der Waals surface area contributed by atoms with Gasteiger partial charge in [-0.25, -0.2) is 14.5 Å². The molecule has 32 heavy (non-hydrogen) atoms. The molecule has 5 aromatic rings. The number of rotatable bonds is 5. The summed E-state index contributed by atoms with van der Waals surface area (Å²) in [6.07, 6.45) is 13.8. The zero-order valence-corrected chi connectivity index (χ0v) is 18.6. The molecule has 0 amide bonds. The average molecular weight is 426 g/mol. The summed E-state index contributed by atoms with van der Waals surface area (Å²) >= 11 is 0. The molecule has 5 aromatic heterocycles. The molecule has 0 aliphatic rings. The highest BCUT2D eigenvalue weighted by molar-refractivity contribution is 5.93. The van der Waals surface area contributed by atoms with E-state index in [1.54, 1.807) is 18.6 Å². The van der Waals surface area contributed by atoms with E-state index < -0.39 is 0 Å². The van der Waals surface area contributed by atoms with Crippen LogP contribution in [0.1, 0.15) is 25.2 Å². The molecule has 0 aliphatic carbocycles. The summed E-state index contributed by atoms with van der Waals surface area (Å²) in [5.41, 5.74) is 6.42. The summed E-state index contributed by atoms with van der Waals surface area (Å²) in [6, 6.07) is 8.03. The van der Waals surface area contributed by atoms with Crippen LogP contribution in [0.3, 0.4) is 0 Å². The number of nitrogens with one attached hydrogen (secondary N) is 2. The van der Waals surface area contributed by atoms with E-state index in [9.17, 15) is 0 Å². The molecular weight excluding hydrogens is 398 g/mol. The maximum atomic E-state index is 4.65. The van der Waals surface area contributed by atoms with E-state index in [1.807, 2.05) is 41.4 Å². The highest BCUT2D eigenvalue weighted by Crippen LogP contribution is 2.28. The van der Waals surface area contributed by atoms with Gasteiger partial charge in [0.15, 0.2) is 0 Å². The van der Waals surface area contributed by atoms with Crippen LogP contribution in [-0.4, -0.2) is 29.5 Å².